The molecule has 3 rings (SSSR count). The number of thiophene rings is 1. The van der Waals surface area contributed by atoms with E-state index in [9.17, 15) is 4.79 Å². The summed E-state index contributed by atoms with van der Waals surface area (Å²) in [7, 11) is 0. The summed E-state index contributed by atoms with van der Waals surface area (Å²) in [6.45, 7) is 1.82. The van der Waals surface area contributed by atoms with Crippen molar-refractivity contribution in [2.24, 2.45) is 0 Å². The van der Waals surface area contributed by atoms with Gasteiger partial charge in [-0.05, 0) is 30.5 Å². The van der Waals surface area contributed by atoms with Crippen molar-refractivity contribution in [3.8, 4) is 0 Å². The zero-order chi connectivity index (χ0) is 15.5. The molecule has 0 saturated carbocycles. The molecule has 1 N–H and O–H groups in total. The number of nitrogens with zero attached hydrogens (tertiary/aromatic N) is 2. The van der Waals surface area contributed by atoms with Gasteiger partial charge in [0.1, 0.15) is 9.98 Å². The quantitative estimate of drug-likeness (QED) is 0.429. The highest BCUT2D eigenvalue weighted by Gasteiger charge is 2.17. The molecule has 1 amide bonds. The summed E-state index contributed by atoms with van der Waals surface area (Å²) in [4.78, 5) is 21.7. The Balaban J connectivity index is 1.72. The maximum absolute atomic E-state index is 12.2. The minimum atomic E-state index is -0.325. The summed E-state index contributed by atoms with van der Waals surface area (Å²) < 4.78 is 0. The van der Waals surface area contributed by atoms with Gasteiger partial charge < -0.3 is 5.32 Å². The Morgan fingerprint density at radius 3 is 2.82 bits per heavy atom. The molecule has 0 spiro atoms. The van der Waals surface area contributed by atoms with E-state index in [1.807, 2.05) is 48.7 Å². The van der Waals surface area contributed by atoms with Crippen molar-refractivity contribution < 1.29 is 4.79 Å². The molecule has 4 nitrogen and oxygen atoms in total. The minimum absolute atomic E-state index is 0.0952. The van der Waals surface area contributed by atoms with Crippen LogP contribution in [0.1, 0.15) is 6.92 Å². The van der Waals surface area contributed by atoms with Gasteiger partial charge in [-0.1, -0.05) is 41.6 Å². The van der Waals surface area contributed by atoms with Crippen molar-refractivity contribution in [2.45, 2.75) is 17.3 Å². The van der Waals surface area contributed by atoms with Crippen LogP contribution in [0.25, 0.3) is 10.2 Å². The predicted octanol–water partition coefficient (Wildman–Crippen LogP) is 4.46. The summed E-state index contributed by atoms with van der Waals surface area (Å²) in [6, 6.07) is 11.2. The lowest BCUT2D eigenvalue weighted by molar-refractivity contribution is -0.115. The summed E-state index contributed by atoms with van der Waals surface area (Å²) in [5.41, 5.74) is 0.771. The first-order chi connectivity index (χ1) is 10.6. The Morgan fingerprint density at radius 2 is 2.05 bits per heavy atom. The Labute approximate surface area is 140 Å². The second-order valence-corrected chi connectivity index (χ2v) is 7.11. The minimum Gasteiger partial charge on any atom is -0.325 e. The smallest absolute Gasteiger partial charge is 0.237 e. The third-order valence-corrected chi connectivity index (χ3v) is 5.01. The third-order valence-electron chi connectivity index (χ3n) is 2.95. The fraction of sp³-hybridized carbons (Fsp3) is 0.133. The van der Waals surface area contributed by atoms with Crippen molar-refractivity contribution in [1.29, 1.82) is 0 Å². The zero-order valence-electron chi connectivity index (χ0n) is 11.6. The van der Waals surface area contributed by atoms with E-state index in [0.29, 0.717) is 10.3 Å². The number of carbonyl (C=O) groups excluding carboxylic acids is 1. The number of amides is 1. The average molecular weight is 350 g/mol. The zero-order valence-corrected chi connectivity index (χ0v) is 14.0. The number of carbonyl (C=O) groups is 1. The van der Waals surface area contributed by atoms with Crippen LogP contribution in [-0.2, 0) is 4.79 Å². The summed E-state index contributed by atoms with van der Waals surface area (Å²) in [5, 5.41) is 6.23. The van der Waals surface area contributed by atoms with Crippen LogP contribution < -0.4 is 5.32 Å². The number of rotatable bonds is 4. The lowest BCUT2D eigenvalue weighted by atomic mass is 10.3. The molecule has 2 aromatic heterocycles. The summed E-state index contributed by atoms with van der Waals surface area (Å²) >= 11 is 8.93. The number of anilines is 1. The van der Waals surface area contributed by atoms with E-state index in [4.69, 9.17) is 11.6 Å². The topological polar surface area (TPSA) is 54.9 Å². The Morgan fingerprint density at radius 1 is 1.27 bits per heavy atom. The SMILES string of the molecule is CC(Sc1nc(Cl)c2ccsc2n1)C(=O)Nc1ccccc1. The van der Waals surface area contributed by atoms with Gasteiger partial charge in [-0.15, -0.1) is 11.3 Å². The van der Waals surface area contributed by atoms with Gasteiger partial charge in [0.25, 0.3) is 0 Å². The molecular weight excluding hydrogens is 338 g/mol. The molecule has 0 radical (unpaired) electrons. The van der Waals surface area contributed by atoms with Gasteiger partial charge in [-0.3, -0.25) is 4.79 Å². The normalized spacial score (nSPS) is 12.3. The molecule has 1 atom stereocenters. The van der Waals surface area contributed by atoms with Crippen LogP contribution in [0.2, 0.25) is 5.15 Å². The Bertz CT molecular complexity index is 807. The van der Waals surface area contributed by atoms with E-state index in [1.54, 1.807) is 0 Å². The molecule has 0 bridgehead atoms. The number of benzene rings is 1. The van der Waals surface area contributed by atoms with E-state index in [-0.39, 0.29) is 11.2 Å². The standard InChI is InChI=1S/C15H12ClN3OS2/c1-9(13(20)17-10-5-3-2-4-6-10)22-15-18-12(16)11-7-8-21-14(11)19-15/h2-9H,1H3,(H,17,20). The highest BCUT2D eigenvalue weighted by molar-refractivity contribution is 8.00. The van der Waals surface area contributed by atoms with Crippen LogP contribution in [0.15, 0.2) is 46.9 Å². The first-order valence-electron chi connectivity index (χ1n) is 6.57. The lowest BCUT2D eigenvalue weighted by Crippen LogP contribution is -2.22. The van der Waals surface area contributed by atoms with Gasteiger partial charge in [0, 0.05) is 11.1 Å². The Kier molecular flexibility index (Phi) is 4.61. The molecule has 0 aliphatic heterocycles. The number of para-hydroxylation sites is 1. The van der Waals surface area contributed by atoms with Crippen LogP contribution in [0, 0.1) is 0 Å². The van der Waals surface area contributed by atoms with E-state index < -0.39 is 0 Å². The average Bonchev–Trinajstić information content (AvgIpc) is 2.97. The van der Waals surface area contributed by atoms with E-state index in [1.165, 1.54) is 23.1 Å². The van der Waals surface area contributed by atoms with Gasteiger partial charge in [0.15, 0.2) is 5.16 Å². The van der Waals surface area contributed by atoms with Gasteiger partial charge >= 0.3 is 0 Å². The maximum atomic E-state index is 12.2. The van der Waals surface area contributed by atoms with Crippen LogP contribution in [-0.4, -0.2) is 21.1 Å². The first-order valence-corrected chi connectivity index (χ1v) is 8.70. The van der Waals surface area contributed by atoms with Gasteiger partial charge in [0.2, 0.25) is 5.91 Å². The molecule has 0 aliphatic carbocycles. The predicted molar refractivity (Wildman–Crippen MR) is 92.8 cm³/mol. The molecule has 2 heterocycles. The molecule has 0 fully saturated rings. The second kappa shape index (κ2) is 6.64. The first kappa shape index (κ1) is 15.3. The van der Waals surface area contributed by atoms with Crippen LogP contribution >= 0.6 is 34.7 Å². The maximum Gasteiger partial charge on any atom is 0.237 e. The molecule has 3 aromatic rings. The summed E-state index contributed by atoms with van der Waals surface area (Å²) in [5.74, 6) is -0.0952. The summed E-state index contributed by atoms with van der Waals surface area (Å²) in [6.07, 6.45) is 0. The van der Waals surface area contributed by atoms with Gasteiger partial charge in [0.05, 0.1) is 5.25 Å². The highest BCUT2D eigenvalue weighted by atomic mass is 35.5. The van der Waals surface area contributed by atoms with E-state index in [2.05, 4.69) is 15.3 Å². The lowest BCUT2D eigenvalue weighted by Gasteiger charge is -2.11. The molecule has 112 valence electrons. The number of hydrogen-bond acceptors (Lipinski definition) is 5. The molecule has 1 unspecified atom stereocenters. The highest BCUT2D eigenvalue weighted by Crippen LogP contribution is 2.29. The molecule has 22 heavy (non-hydrogen) atoms. The fourth-order valence-electron chi connectivity index (χ4n) is 1.83. The van der Waals surface area contributed by atoms with Gasteiger partial charge in [-0.2, -0.15) is 0 Å². The number of halogens is 1. The van der Waals surface area contributed by atoms with Gasteiger partial charge in [-0.25, -0.2) is 9.97 Å². The number of nitrogens with one attached hydrogen (secondary N) is 1. The Hall–Kier alpha value is -1.63. The van der Waals surface area contributed by atoms with Crippen molar-refractivity contribution in [3.05, 3.63) is 46.9 Å². The van der Waals surface area contributed by atoms with E-state index >= 15 is 0 Å². The second-order valence-electron chi connectivity index (χ2n) is 4.55. The monoisotopic (exact) mass is 349 g/mol. The van der Waals surface area contributed by atoms with Crippen LogP contribution in [0.3, 0.4) is 0 Å². The molecule has 0 saturated heterocycles. The number of aromatic nitrogens is 2. The third kappa shape index (κ3) is 3.40. The van der Waals surface area contributed by atoms with Crippen molar-refractivity contribution in [1.82, 2.24) is 9.97 Å². The van der Waals surface area contributed by atoms with Crippen molar-refractivity contribution >= 4 is 56.5 Å². The molecule has 7 heteroatoms. The number of thioether (sulfide) groups is 1. The van der Waals surface area contributed by atoms with Crippen LogP contribution in [0.5, 0.6) is 0 Å². The number of hydrogen-bond donors (Lipinski definition) is 1. The molecule has 0 aliphatic rings. The van der Waals surface area contributed by atoms with Crippen molar-refractivity contribution in [2.75, 3.05) is 5.32 Å². The number of fused-ring (bicyclic) bond motifs is 1. The fourth-order valence-corrected chi connectivity index (χ4v) is 3.76. The molecular formula is C15H12ClN3OS2. The van der Waals surface area contributed by atoms with Crippen molar-refractivity contribution in [3.63, 3.8) is 0 Å². The van der Waals surface area contributed by atoms with E-state index in [0.717, 1.165) is 15.9 Å². The molecule has 1 aromatic carbocycles. The largest absolute Gasteiger partial charge is 0.325 e. The van der Waals surface area contributed by atoms with Crippen LogP contribution in [0.4, 0.5) is 5.69 Å².